The average molecular weight is 451 g/mol. The van der Waals surface area contributed by atoms with Crippen LogP contribution in [-0.2, 0) is 9.59 Å². The van der Waals surface area contributed by atoms with Gasteiger partial charge in [-0.05, 0) is 56.5 Å². The van der Waals surface area contributed by atoms with Gasteiger partial charge in [-0.3, -0.25) is 19.3 Å². The minimum absolute atomic E-state index is 0.107. The smallest absolute Gasteiger partial charge is 0.253 e. The predicted molar refractivity (Wildman–Crippen MR) is 128 cm³/mol. The molecule has 1 fully saturated rings. The summed E-state index contributed by atoms with van der Waals surface area (Å²) in [7, 11) is 3.38. The Morgan fingerprint density at radius 2 is 1.91 bits per heavy atom. The van der Waals surface area contributed by atoms with Gasteiger partial charge in [0.2, 0.25) is 11.8 Å². The molecule has 2 aliphatic heterocycles. The highest BCUT2D eigenvalue weighted by Gasteiger charge is 2.40. The van der Waals surface area contributed by atoms with Crippen LogP contribution in [-0.4, -0.2) is 62.5 Å². The number of hydrogen-bond acceptors (Lipinski definition) is 5. The number of benzene rings is 2. The molecule has 33 heavy (non-hydrogen) atoms. The van der Waals surface area contributed by atoms with Crippen molar-refractivity contribution in [2.24, 2.45) is 0 Å². The third-order valence-electron chi connectivity index (χ3n) is 6.05. The first kappa shape index (κ1) is 22.6. The molecule has 0 unspecified atom stereocenters. The quantitative estimate of drug-likeness (QED) is 0.731. The summed E-state index contributed by atoms with van der Waals surface area (Å²) in [6.45, 7) is 3.00. The van der Waals surface area contributed by atoms with Crippen molar-refractivity contribution in [1.29, 1.82) is 0 Å². The molecule has 2 aromatic rings. The van der Waals surface area contributed by atoms with E-state index < -0.39 is 0 Å². The summed E-state index contributed by atoms with van der Waals surface area (Å²) in [6.07, 6.45) is 2.74. The predicted octanol–water partition coefficient (Wildman–Crippen LogP) is 3.13. The monoisotopic (exact) mass is 450 g/mol. The summed E-state index contributed by atoms with van der Waals surface area (Å²) >= 11 is 0. The molecule has 2 heterocycles. The number of nitrogens with zero attached hydrogens (tertiary/aromatic N) is 3. The van der Waals surface area contributed by atoms with E-state index in [1.165, 1.54) is 9.80 Å². The Hall–Kier alpha value is -3.55. The molecule has 0 aromatic heterocycles. The minimum atomic E-state index is -0.324. The number of piperidine rings is 1. The number of rotatable bonds is 6. The second kappa shape index (κ2) is 9.52. The van der Waals surface area contributed by atoms with Gasteiger partial charge in [-0.2, -0.15) is 0 Å². The summed E-state index contributed by atoms with van der Waals surface area (Å²) in [6, 6.07) is 12.3. The molecule has 2 aliphatic rings. The number of carbonyl (C=O) groups excluding carboxylic acids is 3. The maximum Gasteiger partial charge on any atom is 0.253 e. The van der Waals surface area contributed by atoms with Gasteiger partial charge in [0.1, 0.15) is 18.3 Å². The van der Waals surface area contributed by atoms with Crippen LogP contribution >= 0.6 is 0 Å². The summed E-state index contributed by atoms with van der Waals surface area (Å²) in [5.41, 5.74) is 2.52. The number of anilines is 3. The Morgan fingerprint density at radius 1 is 1.12 bits per heavy atom. The lowest BCUT2D eigenvalue weighted by Crippen LogP contribution is -2.56. The highest BCUT2D eigenvalue weighted by Crippen LogP contribution is 2.40. The van der Waals surface area contributed by atoms with Crippen LogP contribution in [0.15, 0.2) is 42.5 Å². The van der Waals surface area contributed by atoms with Crippen molar-refractivity contribution >= 4 is 34.8 Å². The van der Waals surface area contributed by atoms with Gasteiger partial charge < -0.3 is 19.9 Å². The molecule has 1 saturated heterocycles. The van der Waals surface area contributed by atoms with Gasteiger partial charge in [0, 0.05) is 26.2 Å². The van der Waals surface area contributed by atoms with Gasteiger partial charge in [0.05, 0.1) is 23.7 Å². The largest absolute Gasteiger partial charge is 0.492 e. The molecular weight excluding hydrogens is 420 g/mol. The van der Waals surface area contributed by atoms with Crippen molar-refractivity contribution in [3.05, 3.63) is 48.0 Å². The van der Waals surface area contributed by atoms with Crippen molar-refractivity contribution in [3.8, 4) is 5.75 Å². The molecule has 8 nitrogen and oxygen atoms in total. The van der Waals surface area contributed by atoms with E-state index in [4.69, 9.17) is 4.74 Å². The second-order valence-electron chi connectivity index (χ2n) is 8.51. The number of nitrogens with one attached hydrogen (secondary N) is 1. The van der Waals surface area contributed by atoms with Gasteiger partial charge in [0.15, 0.2) is 0 Å². The van der Waals surface area contributed by atoms with Gasteiger partial charge >= 0.3 is 0 Å². The lowest BCUT2D eigenvalue weighted by molar-refractivity contribution is -0.123. The van der Waals surface area contributed by atoms with Crippen LogP contribution < -0.4 is 19.9 Å². The molecular formula is C25H30N4O4. The summed E-state index contributed by atoms with van der Waals surface area (Å²) in [5, 5.41) is 2.88. The molecule has 3 amide bonds. The van der Waals surface area contributed by atoms with Crippen molar-refractivity contribution in [1.82, 2.24) is 4.90 Å². The third kappa shape index (κ3) is 4.51. The normalized spacial score (nSPS) is 17.2. The number of fused-ring (bicyclic) bond motifs is 3. The Labute approximate surface area is 194 Å². The van der Waals surface area contributed by atoms with E-state index in [1.54, 1.807) is 38.4 Å². The number of hydrogen-bond donors (Lipinski definition) is 1. The fraction of sp³-hybridized carbons (Fsp3) is 0.400. The lowest BCUT2D eigenvalue weighted by atomic mass is 9.95. The lowest BCUT2D eigenvalue weighted by Gasteiger charge is -2.45. The topological polar surface area (TPSA) is 82.2 Å². The Kier molecular flexibility index (Phi) is 6.53. The van der Waals surface area contributed by atoms with Crippen LogP contribution in [0.1, 0.15) is 36.5 Å². The summed E-state index contributed by atoms with van der Waals surface area (Å²) < 4.78 is 5.60. The molecule has 0 aliphatic carbocycles. The standard InChI is InChI=1S/C25H30N4O4/c1-4-33-22-11-6-5-9-18(22)26-23(30)16-29-21-15-17(24(31)27(2)3)12-13-19(21)28-14-8-7-10-20(28)25(29)32/h5-6,9,11-13,15,20H,4,7-8,10,14,16H2,1-3H3,(H,26,30)/t20-/m0/s1. The van der Waals surface area contributed by atoms with Crippen LogP contribution in [0.25, 0.3) is 0 Å². The van der Waals surface area contributed by atoms with Gasteiger partial charge in [-0.25, -0.2) is 0 Å². The van der Waals surface area contributed by atoms with Crippen LogP contribution in [0.5, 0.6) is 5.75 Å². The molecule has 1 atom stereocenters. The number of para-hydroxylation sites is 2. The molecule has 0 radical (unpaired) electrons. The minimum Gasteiger partial charge on any atom is -0.492 e. The fourth-order valence-electron chi connectivity index (χ4n) is 4.50. The Bertz CT molecular complexity index is 1070. The molecule has 2 aromatic carbocycles. The SMILES string of the molecule is CCOc1ccccc1NC(=O)CN1C(=O)[C@@H]2CCCCN2c2ccc(C(=O)N(C)C)cc21. The van der Waals surface area contributed by atoms with Gasteiger partial charge in [0.25, 0.3) is 5.91 Å². The van der Waals surface area contributed by atoms with E-state index in [2.05, 4.69) is 10.2 Å². The van der Waals surface area contributed by atoms with Crippen molar-refractivity contribution in [2.75, 3.05) is 48.9 Å². The van der Waals surface area contributed by atoms with E-state index in [1.807, 2.05) is 25.1 Å². The summed E-state index contributed by atoms with van der Waals surface area (Å²) in [5.74, 6) is -0.00273. The summed E-state index contributed by atoms with van der Waals surface area (Å²) in [4.78, 5) is 44.2. The molecule has 1 N–H and O–H groups in total. The van der Waals surface area contributed by atoms with Crippen molar-refractivity contribution in [3.63, 3.8) is 0 Å². The first-order valence-corrected chi connectivity index (χ1v) is 11.4. The van der Waals surface area contributed by atoms with Gasteiger partial charge in [-0.1, -0.05) is 12.1 Å². The molecule has 4 rings (SSSR count). The molecule has 8 heteroatoms. The molecule has 0 spiro atoms. The van der Waals surface area contributed by atoms with E-state index in [-0.39, 0.29) is 30.3 Å². The third-order valence-corrected chi connectivity index (χ3v) is 6.05. The second-order valence-corrected chi connectivity index (χ2v) is 8.51. The zero-order valence-electron chi connectivity index (χ0n) is 19.3. The zero-order chi connectivity index (χ0) is 23.5. The molecule has 0 bridgehead atoms. The highest BCUT2D eigenvalue weighted by molar-refractivity contribution is 6.11. The van der Waals surface area contributed by atoms with Crippen LogP contribution in [0.4, 0.5) is 17.1 Å². The average Bonchev–Trinajstić information content (AvgIpc) is 2.82. The van der Waals surface area contributed by atoms with E-state index in [0.717, 1.165) is 31.5 Å². The highest BCUT2D eigenvalue weighted by atomic mass is 16.5. The van der Waals surface area contributed by atoms with E-state index in [9.17, 15) is 14.4 Å². The Balaban J connectivity index is 1.65. The van der Waals surface area contributed by atoms with E-state index >= 15 is 0 Å². The fourth-order valence-corrected chi connectivity index (χ4v) is 4.50. The molecule has 174 valence electrons. The maximum atomic E-state index is 13.5. The van der Waals surface area contributed by atoms with Crippen LogP contribution in [0, 0.1) is 0 Å². The van der Waals surface area contributed by atoms with Crippen molar-refractivity contribution in [2.45, 2.75) is 32.2 Å². The first-order valence-electron chi connectivity index (χ1n) is 11.4. The van der Waals surface area contributed by atoms with Crippen LogP contribution in [0.2, 0.25) is 0 Å². The van der Waals surface area contributed by atoms with E-state index in [0.29, 0.717) is 29.3 Å². The Morgan fingerprint density at radius 3 is 2.67 bits per heavy atom. The first-order chi connectivity index (χ1) is 15.9. The van der Waals surface area contributed by atoms with Crippen LogP contribution in [0.3, 0.4) is 0 Å². The van der Waals surface area contributed by atoms with Gasteiger partial charge in [-0.15, -0.1) is 0 Å². The maximum absolute atomic E-state index is 13.5. The number of carbonyl (C=O) groups is 3. The molecule has 0 saturated carbocycles. The zero-order valence-corrected chi connectivity index (χ0v) is 19.3. The van der Waals surface area contributed by atoms with Crippen molar-refractivity contribution < 1.29 is 19.1 Å². The number of ether oxygens (including phenoxy) is 1. The number of amides is 3.